The molecule has 1 heterocycles. The average molecular weight is 354 g/mol. The van der Waals surface area contributed by atoms with Gasteiger partial charge in [0.25, 0.3) is 0 Å². The Labute approximate surface area is 150 Å². The second-order valence-corrected chi connectivity index (χ2v) is 5.59. The highest BCUT2D eigenvalue weighted by atomic mass is 16.5. The quantitative estimate of drug-likeness (QED) is 0.869. The highest BCUT2D eigenvalue weighted by molar-refractivity contribution is 5.64. The number of fused-ring (bicyclic) bond motifs is 1. The largest absolute Gasteiger partial charge is 0.508 e. The van der Waals surface area contributed by atoms with Gasteiger partial charge in [-0.2, -0.15) is 5.26 Å². The van der Waals surface area contributed by atoms with Crippen LogP contribution in [0.1, 0.15) is 17.0 Å². The molecule has 1 aliphatic heterocycles. The molecule has 3 N–H and O–H groups in total. The Kier molecular flexibility index (Phi) is 4.50. The number of benzene rings is 2. The molecule has 0 unspecified atom stereocenters. The minimum absolute atomic E-state index is 0.0318. The van der Waals surface area contributed by atoms with E-state index < -0.39 is 5.92 Å². The fourth-order valence-corrected chi connectivity index (χ4v) is 3.06. The molecule has 26 heavy (non-hydrogen) atoms. The summed E-state index contributed by atoms with van der Waals surface area (Å²) in [5.41, 5.74) is 7.47. The number of nitrogens with two attached hydrogens (primary N) is 1. The number of allylic oxidation sites excluding steroid dienone is 1. The summed E-state index contributed by atoms with van der Waals surface area (Å²) in [6.45, 7) is 0. The molecule has 0 fully saturated rings. The number of phenols is 1. The molecule has 0 radical (unpaired) electrons. The van der Waals surface area contributed by atoms with Crippen LogP contribution in [0.3, 0.4) is 0 Å². The van der Waals surface area contributed by atoms with Crippen molar-refractivity contribution in [3.63, 3.8) is 0 Å². The molecule has 0 aromatic heterocycles. The molecule has 7 nitrogen and oxygen atoms in total. The Morgan fingerprint density at radius 3 is 2.27 bits per heavy atom. The lowest BCUT2D eigenvalue weighted by Gasteiger charge is -2.28. The van der Waals surface area contributed by atoms with Crippen molar-refractivity contribution in [1.29, 1.82) is 5.26 Å². The average Bonchev–Trinajstić information content (AvgIpc) is 2.65. The van der Waals surface area contributed by atoms with Crippen LogP contribution in [0.15, 0.2) is 41.8 Å². The van der Waals surface area contributed by atoms with Crippen molar-refractivity contribution in [2.45, 2.75) is 5.92 Å². The summed E-state index contributed by atoms with van der Waals surface area (Å²) >= 11 is 0. The Morgan fingerprint density at radius 2 is 1.73 bits per heavy atom. The van der Waals surface area contributed by atoms with Gasteiger partial charge in [-0.1, -0.05) is 6.07 Å². The van der Waals surface area contributed by atoms with Gasteiger partial charge in [0.2, 0.25) is 5.88 Å². The second kappa shape index (κ2) is 6.76. The van der Waals surface area contributed by atoms with Gasteiger partial charge in [0.15, 0.2) is 0 Å². The number of aromatic hydroxyl groups is 1. The molecule has 1 atom stereocenters. The van der Waals surface area contributed by atoms with E-state index in [1.807, 2.05) is 0 Å². The fraction of sp³-hybridized carbons (Fsp3) is 0.211. The van der Waals surface area contributed by atoms with Crippen molar-refractivity contribution >= 4 is 0 Å². The lowest BCUT2D eigenvalue weighted by Crippen LogP contribution is -2.21. The van der Waals surface area contributed by atoms with E-state index in [0.717, 1.165) is 0 Å². The van der Waals surface area contributed by atoms with Crippen LogP contribution in [0.4, 0.5) is 0 Å². The van der Waals surface area contributed by atoms with Crippen LogP contribution < -0.4 is 24.7 Å². The Bertz CT molecular complexity index is 905. The molecule has 0 bridgehead atoms. The van der Waals surface area contributed by atoms with Crippen molar-refractivity contribution in [2.75, 3.05) is 21.3 Å². The zero-order valence-corrected chi connectivity index (χ0v) is 14.6. The smallest absolute Gasteiger partial charge is 0.205 e. The minimum Gasteiger partial charge on any atom is -0.508 e. The first kappa shape index (κ1) is 17.3. The molecular formula is C19H18N2O5. The monoisotopic (exact) mass is 354 g/mol. The molecule has 2 aromatic rings. The van der Waals surface area contributed by atoms with Gasteiger partial charge >= 0.3 is 0 Å². The minimum atomic E-state index is -0.583. The Morgan fingerprint density at radius 1 is 1.08 bits per heavy atom. The van der Waals surface area contributed by atoms with E-state index in [1.54, 1.807) is 25.3 Å². The molecule has 0 aliphatic carbocycles. The van der Waals surface area contributed by atoms with Gasteiger partial charge in [0.1, 0.15) is 40.4 Å². The van der Waals surface area contributed by atoms with Gasteiger partial charge in [-0.25, -0.2) is 0 Å². The van der Waals surface area contributed by atoms with E-state index in [-0.39, 0.29) is 17.2 Å². The molecule has 2 aromatic carbocycles. The van der Waals surface area contributed by atoms with Crippen molar-refractivity contribution in [2.24, 2.45) is 5.73 Å². The Balaban J connectivity index is 2.33. The van der Waals surface area contributed by atoms with Crippen molar-refractivity contribution in [1.82, 2.24) is 0 Å². The third-order valence-electron chi connectivity index (χ3n) is 4.24. The van der Waals surface area contributed by atoms with Crippen LogP contribution in [0, 0.1) is 11.3 Å². The number of hydrogen-bond donors (Lipinski definition) is 2. The van der Waals surface area contributed by atoms with Gasteiger partial charge in [0, 0.05) is 29.3 Å². The number of nitriles is 1. The number of phenolic OH excluding ortho intramolecular Hbond substituents is 1. The van der Waals surface area contributed by atoms with Crippen LogP contribution in [0.25, 0.3) is 0 Å². The maximum absolute atomic E-state index is 9.76. The number of rotatable bonds is 4. The van der Waals surface area contributed by atoms with Gasteiger partial charge in [-0.05, 0) is 6.07 Å². The van der Waals surface area contributed by atoms with Crippen LogP contribution in [0.2, 0.25) is 0 Å². The molecule has 7 heteroatoms. The third-order valence-corrected chi connectivity index (χ3v) is 4.24. The first-order valence-corrected chi connectivity index (χ1v) is 7.74. The predicted molar refractivity (Wildman–Crippen MR) is 93.5 cm³/mol. The molecular weight excluding hydrogens is 336 g/mol. The van der Waals surface area contributed by atoms with Crippen molar-refractivity contribution < 1.29 is 24.1 Å². The number of methoxy groups -OCH3 is 3. The lowest BCUT2D eigenvalue weighted by atomic mass is 9.82. The SMILES string of the molecule is COc1cc(OC)c([C@H]2C(C#N)=C(N)Oc3cc(O)ccc32)c(OC)c1. The normalized spacial score (nSPS) is 15.5. The highest BCUT2D eigenvalue weighted by Gasteiger charge is 2.35. The van der Waals surface area contributed by atoms with E-state index in [2.05, 4.69) is 6.07 Å². The van der Waals surface area contributed by atoms with E-state index in [0.29, 0.717) is 34.1 Å². The molecule has 134 valence electrons. The van der Waals surface area contributed by atoms with Crippen LogP contribution in [-0.4, -0.2) is 26.4 Å². The zero-order chi connectivity index (χ0) is 18.8. The Hall–Kier alpha value is -3.53. The summed E-state index contributed by atoms with van der Waals surface area (Å²) in [4.78, 5) is 0. The van der Waals surface area contributed by atoms with E-state index in [1.165, 1.54) is 26.4 Å². The standard InChI is InChI=1S/C19H18N2O5/c1-23-11-7-15(24-2)18(16(8-11)25-3)17-12-5-4-10(22)6-14(12)26-19(21)13(17)9-20/h4-8,17,22H,21H2,1-3H3/t17-/m1/s1. The summed E-state index contributed by atoms with van der Waals surface area (Å²) in [7, 11) is 4.58. The summed E-state index contributed by atoms with van der Waals surface area (Å²) in [5, 5.41) is 19.4. The maximum atomic E-state index is 9.76. The van der Waals surface area contributed by atoms with Gasteiger partial charge < -0.3 is 29.8 Å². The molecule has 3 rings (SSSR count). The highest BCUT2D eigenvalue weighted by Crippen LogP contribution is 2.50. The van der Waals surface area contributed by atoms with E-state index in [9.17, 15) is 10.4 Å². The first-order chi connectivity index (χ1) is 12.5. The van der Waals surface area contributed by atoms with Gasteiger partial charge in [-0.15, -0.1) is 0 Å². The van der Waals surface area contributed by atoms with Crippen LogP contribution in [-0.2, 0) is 0 Å². The van der Waals surface area contributed by atoms with Crippen molar-refractivity contribution in [3.05, 3.63) is 52.9 Å². The number of nitrogens with zero attached hydrogens (tertiary/aromatic N) is 1. The summed E-state index contributed by atoms with van der Waals surface area (Å²) in [6.07, 6.45) is 0. The summed E-state index contributed by atoms with van der Waals surface area (Å²) in [6, 6.07) is 10.2. The molecule has 0 spiro atoms. The van der Waals surface area contributed by atoms with Gasteiger partial charge in [-0.3, -0.25) is 0 Å². The first-order valence-electron chi connectivity index (χ1n) is 7.74. The van der Waals surface area contributed by atoms with Crippen molar-refractivity contribution in [3.8, 4) is 34.8 Å². The third kappa shape index (κ3) is 2.71. The second-order valence-electron chi connectivity index (χ2n) is 5.59. The zero-order valence-electron chi connectivity index (χ0n) is 14.6. The topological polar surface area (TPSA) is 107 Å². The van der Waals surface area contributed by atoms with Crippen LogP contribution in [0.5, 0.6) is 28.7 Å². The number of ether oxygens (including phenoxy) is 4. The van der Waals surface area contributed by atoms with Gasteiger partial charge in [0.05, 0.1) is 27.2 Å². The molecule has 0 amide bonds. The molecule has 0 saturated heterocycles. The van der Waals surface area contributed by atoms with Crippen LogP contribution >= 0.6 is 0 Å². The lowest BCUT2D eigenvalue weighted by molar-refractivity contribution is 0.361. The summed E-state index contributed by atoms with van der Waals surface area (Å²) in [5.74, 6) is 1.29. The fourth-order valence-electron chi connectivity index (χ4n) is 3.06. The maximum Gasteiger partial charge on any atom is 0.205 e. The molecule has 1 aliphatic rings. The van der Waals surface area contributed by atoms with E-state index >= 15 is 0 Å². The molecule has 0 saturated carbocycles. The van der Waals surface area contributed by atoms with E-state index in [4.69, 9.17) is 24.7 Å². The predicted octanol–water partition coefficient (Wildman–Crippen LogP) is 2.64. The summed E-state index contributed by atoms with van der Waals surface area (Å²) < 4.78 is 21.9. The number of hydrogen-bond acceptors (Lipinski definition) is 7.